The Morgan fingerprint density at radius 1 is 1.38 bits per heavy atom. The van der Waals surface area contributed by atoms with Crippen molar-refractivity contribution in [1.29, 1.82) is 0 Å². The van der Waals surface area contributed by atoms with Crippen molar-refractivity contribution >= 4 is 22.7 Å². The van der Waals surface area contributed by atoms with Gasteiger partial charge in [-0.05, 0) is 49.9 Å². The Morgan fingerprint density at radius 3 is 2.95 bits per heavy atom. The lowest BCUT2D eigenvalue weighted by atomic mass is 10.0. The van der Waals surface area contributed by atoms with E-state index in [4.69, 9.17) is 4.42 Å². The highest BCUT2D eigenvalue weighted by Gasteiger charge is 2.30. The summed E-state index contributed by atoms with van der Waals surface area (Å²) in [6.07, 6.45) is 3.38. The van der Waals surface area contributed by atoms with Gasteiger partial charge in [0.2, 0.25) is 5.91 Å². The number of benzene rings is 1. The van der Waals surface area contributed by atoms with Gasteiger partial charge in [0.15, 0.2) is 11.5 Å². The van der Waals surface area contributed by atoms with E-state index in [-0.39, 0.29) is 11.9 Å². The van der Waals surface area contributed by atoms with E-state index in [0.29, 0.717) is 11.8 Å². The summed E-state index contributed by atoms with van der Waals surface area (Å²) in [4.78, 5) is 16.8. The minimum absolute atomic E-state index is 0.0326. The van der Waals surface area contributed by atoms with Crippen LogP contribution in [-0.4, -0.2) is 23.5 Å². The Balaban J connectivity index is 1.54. The van der Waals surface area contributed by atoms with E-state index in [1.54, 1.807) is 0 Å². The molecule has 5 heteroatoms. The van der Waals surface area contributed by atoms with Gasteiger partial charge >= 0.3 is 0 Å². The maximum atomic E-state index is 12.3. The van der Waals surface area contributed by atoms with Crippen LogP contribution >= 0.6 is 0 Å². The van der Waals surface area contributed by atoms with Crippen LogP contribution in [0, 0.1) is 5.92 Å². The van der Waals surface area contributed by atoms with Crippen LogP contribution in [0.15, 0.2) is 22.6 Å². The summed E-state index contributed by atoms with van der Waals surface area (Å²) in [7, 11) is 0. The molecule has 1 saturated heterocycles. The molecule has 110 valence electrons. The third-order valence-corrected chi connectivity index (χ3v) is 4.41. The van der Waals surface area contributed by atoms with E-state index in [0.717, 1.165) is 35.6 Å². The number of aromatic nitrogens is 1. The number of nitrogens with zero attached hydrogens (tertiary/aromatic N) is 1. The van der Waals surface area contributed by atoms with Crippen molar-refractivity contribution < 1.29 is 9.21 Å². The Hall–Kier alpha value is -1.88. The highest BCUT2D eigenvalue weighted by molar-refractivity contribution is 5.96. The minimum Gasteiger partial charge on any atom is -0.440 e. The summed E-state index contributed by atoms with van der Waals surface area (Å²) in [5.41, 5.74) is 2.40. The quantitative estimate of drug-likeness (QED) is 0.909. The molecule has 2 heterocycles. The number of carbonyl (C=O) groups is 1. The van der Waals surface area contributed by atoms with Gasteiger partial charge in [-0.1, -0.05) is 6.92 Å². The molecule has 21 heavy (non-hydrogen) atoms. The Morgan fingerprint density at radius 2 is 2.24 bits per heavy atom. The highest BCUT2D eigenvalue weighted by Crippen LogP contribution is 2.40. The normalized spacial score (nSPS) is 25.4. The average molecular weight is 285 g/mol. The maximum Gasteiger partial charge on any atom is 0.241 e. The number of rotatable bonds is 3. The SMILES string of the molecule is CC1CCNC1C(=O)Nc1ccc2oc(C3CC3)nc2c1. The zero-order valence-corrected chi connectivity index (χ0v) is 12.1. The van der Waals surface area contributed by atoms with E-state index in [2.05, 4.69) is 22.5 Å². The van der Waals surface area contributed by atoms with Gasteiger partial charge in [-0.2, -0.15) is 0 Å². The van der Waals surface area contributed by atoms with E-state index < -0.39 is 0 Å². The molecule has 2 fully saturated rings. The third kappa shape index (κ3) is 2.42. The number of amides is 1. The van der Waals surface area contributed by atoms with E-state index in [1.807, 2.05) is 18.2 Å². The number of oxazole rings is 1. The van der Waals surface area contributed by atoms with Crippen LogP contribution in [0.2, 0.25) is 0 Å². The van der Waals surface area contributed by atoms with Crippen LogP contribution in [0.5, 0.6) is 0 Å². The summed E-state index contributed by atoms with van der Waals surface area (Å²) in [5.74, 6) is 1.74. The second-order valence-electron chi connectivity index (χ2n) is 6.20. The standard InChI is InChI=1S/C16H19N3O2/c1-9-6-7-17-14(9)15(20)18-11-4-5-13-12(8-11)19-16(21-13)10-2-3-10/h4-5,8-10,14,17H,2-3,6-7H2,1H3,(H,18,20). The first-order valence-corrected chi connectivity index (χ1v) is 7.65. The molecule has 2 aliphatic rings. The van der Waals surface area contributed by atoms with Crippen molar-refractivity contribution in [3.05, 3.63) is 24.1 Å². The molecule has 2 N–H and O–H groups in total. The predicted octanol–water partition coefficient (Wildman–Crippen LogP) is 2.64. The van der Waals surface area contributed by atoms with Gasteiger partial charge in [0.05, 0.1) is 6.04 Å². The Labute approximate surface area is 123 Å². The second-order valence-corrected chi connectivity index (χ2v) is 6.20. The van der Waals surface area contributed by atoms with Crippen molar-refractivity contribution in [1.82, 2.24) is 10.3 Å². The Bertz CT molecular complexity index is 690. The zero-order valence-electron chi connectivity index (χ0n) is 12.1. The summed E-state index contributed by atoms with van der Waals surface area (Å²) < 4.78 is 5.73. The van der Waals surface area contributed by atoms with Gasteiger partial charge in [0, 0.05) is 11.6 Å². The van der Waals surface area contributed by atoms with E-state index in [1.165, 1.54) is 12.8 Å². The van der Waals surface area contributed by atoms with Crippen LogP contribution in [0.4, 0.5) is 5.69 Å². The molecule has 1 aliphatic heterocycles. The van der Waals surface area contributed by atoms with E-state index in [9.17, 15) is 4.79 Å². The lowest BCUT2D eigenvalue weighted by molar-refractivity contribution is -0.118. The van der Waals surface area contributed by atoms with Crippen LogP contribution in [0.25, 0.3) is 11.1 Å². The molecular weight excluding hydrogens is 266 g/mol. The van der Waals surface area contributed by atoms with Crippen LogP contribution in [-0.2, 0) is 4.79 Å². The van der Waals surface area contributed by atoms with Crippen molar-refractivity contribution in [2.45, 2.75) is 38.1 Å². The van der Waals surface area contributed by atoms with Gasteiger partial charge in [-0.25, -0.2) is 4.98 Å². The number of anilines is 1. The third-order valence-electron chi connectivity index (χ3n) is 4.41. The maximum absolute atomic E-state index is 12.3. The first-order chi connectivity index (χ1) is 10.2. The molecule has 1 saturated carbocycles. The van der Waals surface area contributed by atoms with Crippen molar-refractivity contribution in [3.63, 3.8) is 0 Å². The molecule has 0 bridgehead atoms. The first-order valence-electron chi connectivity index (χ1n) is 7.65. The number of fused-ring (bicyclic) bond motifs is 1. The molecule has 1 aromatic heterocycles. The molecule has 5 nitrogen and oxygen atoms in total. The monoisotopic (exact) mass is 285 g/mol. The van der Waals surface area contributed by atoms with Gasteiger partial charge in [-0.15, -0.1) is 0 Å². The van der Waals surface area contributed by atoms with Crippen molar-refractivity contribution in [2.24, 2.45) is 5.92 Å². The highest BCUT2D eigenvalue weighted by atomic mass is 16.3. The van der Waals surface area contributed by atoms with Crippen molar-refractivity contribution in [3.8, 4) is 0 Å². The van der Waals surface area contributed by atoms with Crippen LogP contribution in [0.1, 0.15) is 38.0 Å². The van der Waals surface area contributed by atoms with Crippen molar-refractivity contribution in [2.75, 3.05) is 11.9 Å². The van der Waals surface area contributed by atoms with Crippen LogP contribution in [0.3, 0.4) is 0 Å². The van der Waals surface area contributed by atoms with Gasteiger partial charge in [-0.3, -0.25) is 4.79 Å². The molecule has 4 rings (SSSR count). The lowest BCUT2D eigenvalue weighted by Gasteiger charge is -2.15. The number of hydrogen-bond donors (Lipinski definition) is 2. The average Bonchev–Trinajstić information content (AvgIpc) is 3.09. The molecule has 2 unspecified atom stereocenters. The van der Waals surface area contributed by atoms with Gasteiger partial charge in [0.1, 0.15) is 5.52 Å². The summed E-state index contributed by atoms with van der Waals surface area (Å²) in [5, 5.41) is 6.22. The minimum atomic E-state index is -0.0972. The fourth-order valence-electron chi connectivity index (χ4n) is 2.93. The summed E-state index contributed by atoms with van der Waals surface area (Å²) in [6, 6.07) is 5.55. The lowest BCUT2D eigenvalue weighted by Crippen LogP contribution is -2.39. The fraction of sp³-hybridized carbons (Fsp3) is 0.500. The number of nitrogens with one attached hydrogen (secondary N) is 2. The van der Waals surface area contributed by atoms with Gasteiger partial charge < -0.3 is 15.1 Å². The summed E-state index contributed by atoms with van der Waals surface area (Å²) in [6.45, 7) is 3.01. The first kappa shape index (κ1) is 12.8. The smallest absolute Gasteiger partial charge is 0.241 e. The van der Waals surface area contributed by atoms with E-state index >= 15 is 0 Å². The molecule has 1 aliphatic carbocycles. The largest absolute Gasteiger partial charge is 0.440 e. The van der Waals surface area contributed by atoms with Gasteiger partial charge in [0.25, 0.3) is 0 Å². The molecule has 2 aromatic rings. The molecule has 1 aromatic carbocycles. The molecule has 0 spiro atoms. The zero-order chi connectivity index (χ0) is 14.4. The van der Waals surface area contributed by atoms with Crippen LogP contribution < -0.4 is 10.6 Å². The number of carbonyl (C=O) groups excluding carboxylic acids is 1. The topological polar surface area (TPSA) is 67.2 Å². The molecule has 2 atom stereocenters. The molecule has 1 amide bonds. The summed E-state index contributed by atoms with van der Waals surface area (Å²) >= 11 is 0. The Kier molecular flexibility index (Phi) is 2.96. The second kappa shape index (κ2) is 4.84. The molecular formula is C16H19N3O2. The molecule has 0 radical (unpaired) electrons. The number of hydrogen-bond acceptors (Lipinski definition) is 4. The fourth-order valence-corrected chi connectivity index (χ4v) is 2.93. The predicted molar refractivity (Wildman–Crippen MR) is 80.2 cm³/mol.